The van der Waals surface area contributed by atoms with Crippen molar-refractivity contribution >= 4 is 41.3 Å². The molecule has 0 aliphatic rings. The van der Waals surface area contributed by atoms with Crippen LogP contribution < -0.4 is 10.6 Å². The highest BCUT2D eigenvalue weighted by Crippen LogP contribution is 2.29. The van der Waals surface area contributed by atoms with Gasteiger partial charge in [0.15, 0.2) is 5.96 Å². The predicted octanol–water partition coefficient (Wildman–Crippen LogP) is 4.95. The molecule has 2 N–H and O–H groups in total. The van der Waals surface area contributed by atoms with E-state index in [1.807, 2.05) is 17.5 Å². The fraction of sp³-hybridized carbons (Fsp3) is 0.263. The van der Waals surface area contributed by atoms with Crippen LogP contribution in [0.25, 0.3) is 10.8 Å². The maximum absolute atomic E-state index is 12.6. The molecule has 2 heterocycles. The van der Waals surface area contributed by atoms with E-state index >= 15 is 0 Å². The molecule has 3 aromatic rings. The first-order valence-corrected chi connectivity index (χ1v) is 9.42. The predicted molar refractivity (Wildman–Crippen MR) is 119 cm³/mol. The van der Waals surface area contributed by atoms with Gasteiger partial charge in [-0.05, 0) is 35.6 Å². The maximum Gasteiger partial charge on any atom is 0.416 e. The summed E-state index contributed by atoms with van der Waals surface area (Å²) < 4.78 is 43.2. The Morgan fingerprint density at radius 1 is 1.17 bits per heavy atom. The Hall–Kier alpha value is -2.08. The van der Waals surface area contributed by atoms with E-state index in [1.54, 1.807) is 24.6 Å². The summed E-state index contributed by atoms with van der Waals surface area (Å²) in [7, 11) is 1.65. The Bertz CT molecular complexity index is 908. The molecular formula is C19H20F3IN4OS. The lowest BCUT2D eigenvalue weighted by molar-refractivity contribution is -0.137. The number of halogens is 4. The van der Waals surface area contributed by atoms with Crippen LogP contribution in [0.5, 0.6) is 0 Å². The van der Waals surface area contributed by atoms with Crippen molar-refractivity contribution in [1.29, 1.82) is 0 Å². The molecule has 0 atom stereocenters. The molecule has 0 spiro atoms. The van der Waals surface area contributed by atoms with Gasteiger partial charge in [0.1, 0.15) is 6.26 Å². The number of thiophene rings is 1. The molecule has 0 saturated heterocycles. The van der Waals surface area contributed by atoms with Crippen molar-refractivity contribution < 1.29 is 17.6 Å². The molecule has 0 fully saturated rings. The van der Waals surface area contributed by atoms with Crippen molar-refractivity contribution in [3.8, 4) is 10.8 Å². The van der Waals surface area contributed by atoms with Crippen molar-refractivity contribution in [3.05, 3.63) is 64.9 Å². The Labute approximate surface area is 187 Å². The number of oxazole rings is 1. The monoisotopic (exact) mass is 536 g/mol. The van der Waals surface area contributed by atoms with E-state index in [9.17, 15) is 13.2 Å². The highest BCUT2D eigenvalue weighted by molar-refractivity contribution is 14.0. The third kappa shape index (κ3) is 6.74. The van der Waals surface area contributed by atoms with Gasteiger partial charge in [0.05, 0.1) is 22.7 Å². The van der Waals surface area contributed by atoms with Crippen molar-refractivity contribution in [2.24, 2.45) is 4.99 Å². The highest BCUT2D eigenvalue weighted by Gasteiger charge is 2.29. The summed E-state index contributed by atoms with van der Waals surface area (Å²) >= 11 is 1.55. The van der Waals surface area contributed by atoms with Crippen LogP contribution >= 0.6 is 35.3 Å². The fourth-order valence-corrected chi connectivity index (χ4v) is 3.14. The Morgan fingerprint density at radius 3 is 2.55 bits per heavy atom. The third-order valence-electron chi connectivity index (χ3n) is 3.93. The van der Waals surface area contributed by atoms with Gasteiger partial charge >= 0.3 is 6.18 Å². The number of aromatic nitrogens is 1. The van der Waals surface area contributed by atoms with Gasteiger partial charge in [-0.3, -0.25) is 4.99 Å². The van der Waals surface area contributed by atoms with Crippen LogP contribution in [0.15, 0.2) is 57.5 Å². The number of nitrogens with zero attached hydrogens (tertiary/aromatic N) is 2. The minimum atomic E-state index is -4.31. The zero-order chi connectivity index (χ0) is 20.0. The van der Waals surface area contributed by atoms with Crippen LogP contribution in [0.4, 0.5) is 13.2 Å². The summed E-state index contributed by atoms with van der Waals surface area (Å²) in [5.74, 6) is 1.16. The van der Waals surface area contributed by atoms with Crippen LogP contribution in [0, 0.1) is 0 Å². The lowest BCUT2D eigenvalue weighted by Gasteiger charge is -2.11. The van der Waals surface area contributed by atoms with Gasteiger partial charge in [-0.2, -0.15) is 13.2 Å². The van der Waals surface area contributed by atoms with Crippen LogP contribution in [0.3, 0.4) is 0 Å². The minimum Gasteiger partial charge on any atom is -0.443 e. The molecule has 0 aliphatic heterocycles. The molecule has 29 heavy (non-hydrogen) atoms. The van der Waals surface area contributed by atoms with E-state index in [1.165, 1.54) is 12.1 Å². The molecule has 10 heteroatoms. The van der Waals surface area contributed by atoms with Gasteiger partial charge in [0.2, 0.25) is 5.89 Å². The molecule has 0 bridgehead atoms. The van der Waals surface area contributed by atoms with E-state index in [4.69, 9.17) is 4.42 Å². The summed E-state index contributed by atoms with van der Waals surface area (Å²) in [6.07, 6.45) is -2.14. The summed E-state index contributed by atoms with van der Waals surface area (Å²) in [4.78, 5) is 9.51. The smallest absolute Gasteiger partial charge is 0.416 e. The normalized spacial score (nSPS) is 11.8. The summed E-state index contributed by atoms with van der Waals surface area (Å²) in [6, 6.07) is 9.04. The number of alkyl halides is 3. The topological polar surface area (TPSA) is 62.5 Å². The van der Waals surface area contributed by atoms with Gasteiger partial charge < -0.3 is 15.1 Å². The largest absolute Gasteiger partial charge is 0.443 e. The van der Waals surface area contributed by atoms with E-state index in [-0.39, 0.29) is 24.0 Å². The second-order valence-corrected chi connectivity index (χ2v) is 6.87. The summed E-state index contributed by atoms with van der Waals surface area (Å²) in [5.41, 5.74) is 0.915. The quantitative estimate of drug-likeness (QED) is 0.266. The van der Waals surface area contributed by atoms with Crippen LogP contribution in [-0.2, 0) is 19.1 Å². The second-order valence-electron chi connectivity index (χ2n) is 5.92. The van der Waals surface area contributed by atoms with Crippen LogP contribution in [-0.4, -0.2) is 24.5 Å². The first-order valence-electron chi connectivity index (χ1n) is 8.54. The lowest BCUT2D eigenvalue weighted by atomic mass is 10.1. The molecule has 3 rings (SSSR count). The summed E-state index contributed by atoms with van der Waals surface area (Å²) in [5, 5.41) is 8.22. The first-order chi connectivity index (χ1) is 13.5. The molecule has 0 amide bonds. The molecule has 2 aromatic heterocycles. The van der Waals surface area contributed by atoms with E-state index in [0.29, 0.717) is 31.4 Å². The number of guanidine groups is 1. The van der Waals surface area contributed by atoms with E-state index in [0.717, 1.165) is 28.3 Å². The Morgan fingerprint density at radius 2 is 1.93 bits per heavy atom. The van der Waals surface area contributed by atoms with Gasteiger partial charge in [0.25, 0.3) is 0 Å². The highest BCUT2D eigenvalue weighted by atomic mass is 127. The minimum absolute atomic E-state index is 0. The lowest BCUT2D eigenvalue weighted by Crippen LogP contribution is -2.37. The average molecular weight is 536 g/mol. The zero-order valence-electron chi connectivity index (χ0n) is 15.5. The molecular weight excluding hydrogens is 516 g/mol. The SMILES string of the molecule is CN=C(NCCc1ccc(C(F)(F)F)cc1)NCc1coc(-c2cccs2)n1.I. The van der Waals surface area contributed by atoms with Crippen LogP contribution in [0.1, 0.15) is 16.8 Å². The van der Waals surface area contributed by atoms with E-state index < -0.39 is 11.7 Å². The number of rotatable bonds is 6. The number of hydrogen-bond donors (Lipinski definition) is 2. The average Bonchev–Trinajstić information content (AvgIpc) is 3.35. The fourth-order valence-electron chi connectivity index (χ4n) is 2.48. The Kier molecular flexibility index (Phi) is 8.50. The number of benzene rings is 1. The standard InChI is InChI=1S/C19H19F3N4OS.HI/c1-23-18(24-9-8-13-4-6-14(7-5-13)19(20,21)22)25-11-15-12-27-17(26-15)16-3-2-10-28-16;/h2-7,10,12H,8-9,11H2,1H3,(H2,23,24,25);1H. The molecule has 5 nitrogen and oxygen atoms in total. The number of aliphatic imine (C=N–C) groups is 1. The molecule has 0 radical (unpaired) electrons. The zero-order valence-corrected chi connectivity index (χ0v) is 18.6. The molecule has 1 aromatic carbocycles. The maximum atomic E-state index is 12.6. The summed E-state index contributed by atoms with van der Waals surface area (Å²) in [6.45, 7) is 0.971. The van der Waals surface area contributed by atoms with Crippen LogP contribution in [0.2, 0.25) is 0 Å². The van der Waals surface area contributed by atoms with Gasteiger partial charge in [-0.1, -0.05) is 18.2 Å². The van der Waals surface area contributed by atoms with Crippen molar-refractivity contribution in [3.63, 3.8) is 0 Å². The third-order valence-corrected chi connectivity index (χ3v) is 4.79. The van der Waals surface area contributed by atoms with Gasteiger partial charge in [-0.15, -0.1) is 35.3 Å². The number of nitrogens with one attached hydrogen (secondary N) is 2. The van der Waals surface area contributed by atoms with E-state index in [2.05, 4.69) is 20.6 Å². The molecule has 0 unspecified atom stereocenters. The second kappa shape index (κ2) is 10.6. The number of hydrogen-bond acceptors (Lipinski definition) is 4. The first kappa shape index (κ1) is 23.2. The van der Waals surface area contributed by atoms with Crippen molar-refractivity contribution in [1.82, 2.24) is 15.6 Å². The van der Waals surface area contributed by atoms with Gasteiger partial charge in [-0.25, -0.2) is 4.98 Å². The molecule has 156 valence electrons. The van der Waals surface area contributed by atoms with Gasteiger partial charge in [0, 0.05) is 13.6 Å². The van der Waals surface area contributed by atoms with Crippen molar-refractivity contribution in [2.45, 2.75) is 19.1 Å². The van der Waals surface area contributed by atoms with Crippen molar-refractivity contribution in [2.75, 3.05) is 13.6 Å². The molecule has 0 saturated carbocycles. The molecule has 0 aliphatic carbocycles. The Balaban J connectivity index is 0.00000300.